The van der Waals surface area contributed by atoms with Crippen molar-refractivity contribution in [2.45, 2.75) is 38.8 Å². The number of piperidine rings is 1. The van der Waals surface area contributed by atoms with Gasteiger partial charge in [-0.25, -0.2) is 18.2 Å². The molecule has 2 rings (SSSR count). The molecule has 5 nitrogen and oxygen atoms in total. The van der Waals surface area contributed by atoms with E-state index in [1.807, 2.05) is 6.92 Å². The highest BCUT2D eigenvalue weighted by molar-refractivity contribution is 5.80. The van der Waals surface area contributed by atoms with Crippen LogP contribution < -0.4 is 10.6 Å². The first kappa shape index (κ1) is 19.4. The van der Waals surface area contributed by atoms with Gasteiger partial charge in [-0.05, 0) is 37.5 Å². The molecular weight excluding hydrogens is 333 g/mol. The van der Waals surface area contributed by atoms with Gasteiger partial charge in [0.1, 0.15) is 0 Å². The molecule has 1 aliphatic rings. The van der Waals surface area contributed by atoms with Crippen molar-refractivity contribution in [3.63, 3.8) is 0 Å². The first-order valence-corrected chi connectivity index (χ1v) is 8.50. The van der Waals surface area contributed by atoms with E-state index >= 15 is 0 Å². The molecule has 0 atom stereocenters. The van der Waals surface area contributed by atoms with Gasteiger partial charge >= 0.3 is 0 Å². The predicted octanol–water partition coefficient (Wildman–Crippen LogP) is 2.32. The van der Waals surface area contributed by atoms with Crippen molar-refractivity contribution in [1.82, 2.24) is 15.5 Å². The number of likely N-dealkylation sites (tertiary alicyclic amines) is 1. The Morgan fingerprint density at radius 1 is 1.36 bits per heavy atom. The smallest absolute Gasteiger partial charge is 0.251 e. The molecule has 25 heavy (non-hydrogen) atoms. The van der Waals surface area contributed by atoms with E-state index in [2.05, 4.69) is 15.6 Å². The second-order valence-electron chi connectivity index (χ2n) is 6.09. The maximum absolute atomic E-state index is 13.4. The number of rotatable bonds is 6. The average molecular weight is 358 g/mol. The lowest BCUT2D eigenvalue weighted by Crippen LogP contribution is -2.49. The molecule has 140 valence electrons. The van der Waals surface area contributed by atoms with E-state index in [0.717, 1.165) is 12.8 Å². The van der Waals surface area contributed by atoms with Crippen molar-refractivity contribution in [3.8, 4) is 5.75 Å². The first-order chi connectivity index (χ1) is 12.0. The second-order valence-corrected chi connectivity index (χ2v) is 6.09. The Hall–Kier alpha value is -1.96. The number of alkyl halides is 2. The van der Waals surface area contributed by atoms with Crippen LogP contribution in [0.5, 0.6) is 5.75 Å². The fourth-order valence-corrected chi connectivity index (χ4v) is 2.79. The van der Waals surface area contributed by atoms with Crippen LogP contribution in [0.15, 0.2) is 23.2 Å². The highest BCUT2D eigenvalue weighted by atomic mass is 19.3. The average Bonchev–Trinajstić information content (AvgIpc) is 2.57. The largest absolute Gasteiger partial charge is 0.505 e. The van der Waals surface area contributed by atoms with Crippen molar-refractivity contribution < 1.29 is 18.3 Å². The molecule has 1 aromatic carbocycles. The predicted molar refractivity (Wildman–Crippen MR) is 91.5 cm³/mol. The van der Waals surface area contributed by atoms with E-state index in [0.29, 0.717) is 31.2 Å². The molecule has 8 heteroatoms. The Morgan fingerprint density at radius 3 is 2.68 bits per heavy atom. The first-order valence-electron chi connectivity index (χ1n) is 8.50. The summed E-state index contributed by atoms with van der Waals surface area (Å²) in [5.74, 6) is -0.436. The van der Waals surface area contributed by atoms with Gasteiger partial charge in [-0.1, -0.05) is 6.07 Å². The van der Waals surface area contributed by atoms with Crippen molar-refractivity contribution in [1.29, 1.82) is 0 Å². The Bertz CT molecular complexity index is 575. The van der Waals surface area contributed by atoms with Crippen LogP contribution in [0.25, 0.3) is 0 Å². The van der Waals surface area contributed by atoms with E-state index < -0.39 is 12.2 Å². The van der Waals surface area contributed by atoms with Crippen molar-refractivity contribution in [2.24, 2.45) is 4.99 Å². The van der Waals surface area contributed by atoms with Gasteiger partial charge in [0.2, 0.25) is 0 Å². The number of benzene rings is 1. The van der Waals surface area contributed by atoms with E-state index in [1.165, 1.54) is 12.1 Å². The van der Waals surface area contributed by atoms with Gasteiger partial charge < -0.3 is 15.7 Å². The maximum atomic E-state index is 13.4. The topological polar surface area (TPSA) is 59.9 Å². The van der Waals surface area contributed by atoms with Gasteiger partial charge in [0.15, 0.2) is 17.5 Å². The molecule has 0 aliphatic carbocycles. The molecule has 1 aromatic rings. The summed E-state index contributed by atoms with van der Waals surface area (Å²) in [6, 6.07) is 4.35. The Labute approximate surface area is 145 Å². The van der Waals surface area contributed by atoms with E-state index in [9.17, 15) is 18.3 Å². The summed E-state index contributed by atoms with van der Waals surface area (Å²) < 4.78 is 38.2. The van der Waals surface area contributed by atoms with Gasteiger partial charge in [-0.3, -0.25) is 4.90 Å². The van der Waals surface area contributed by atoms with Crippen LogP contribution >= 0.6 is 0 Å². The molecule has 0 aromatic heterocycles. The van der Waals surface area contributed by atoms with Crippen molar-refractivity contribution in [2.75, 3.05) is 26.2 Å². The summed E-state index contributed by atoms with van der Waals surface area (Å²) in [4.78, 5) is 6.20. The number of aliphatic imine (C=N–C) groups is 1. The standard InChI is InChI=1S/C17H25F3N4O/c1-2-21-17(22-10-12-3-4-15(25)14(18)9-12)23-13-5-7-24(8-6-13)11-16(19)20/h3-4,9,13,16,25H,2,5-8,10-11H2,1H3,(H2,21,22,23). The summed E-state index contributed by atoms with van der Waals surface area (Å²) in [6.07, 6.45) is -0.759. The van der Waals surface area contributed by atoms with Crippen LogP contribution in [0.1, 0.15) is 25.3 Å². The minimum absolute atomic E-state index is 0.170. The van der Waals surface area contributed by atoms with E-state index in [-0.39, 0.29) is 24.9 Å². The number of aromatic hydroxyl groups is 1. The third-order valence-electron chi connectivity index (χ3n) is 4.10. The summed E-state index contributed by atoms with van der Waals surface area (Å²) >= 11 is 0. The van der Waals surface area contributed by atoms with Gasteiger partial charge in [-0.15, -0.1) is 0 Å². The summed E-state index contributed by atoms with van der Waals surface area (Å²) in [5.41, 5.74) is 0.652. The van der Waals surface area contributed by atoms with Gasteiger partial charge in [0, 0.05) is 25.7 Å². The Morgan fingerprint density at radius 2 is 2.08 bits per heavy atom. The molecule has 0 spiro atoms. The number of hydrogen-bond acceptors (Lipinski definition) is 3. The van der Waals surface area contributed by atoms with Crippen LogP contribution in [-0.4, -0.2) is 54.6 Å². The number of phenols is 1. The SMILES string of the molecule is CCNC(=NCc1ccc(O)c(F)c1)NC1CCN(CC(F)F)CC1. The van der Waals surface area contributed by atoms with Crippen molar-refractivity contribution >= 4 is 5.96 Å². The van der Waals surface area contributed by atoms with Crippen molar-refractivity contribution in [3.05, 3.63) is 29.6 Å². The highest BCUT2D eigenvalue weighted by Gasteiger charge is 2.21. The molecule has 0 saturated carbocycles. The zero-order chi connectivity index (χ0) is 18.2. The Kier molecular flexibility index (Phi) is 7.36. The fourth-order valence-electron chi connectivity index (χ4n) is 2.79. The molecule has 0 bridgehead atoms. The molecule has 1 saturated heterocycles. The molecular formula is C17H25F3N4O. The lowest BCUT2D eigenvalue weighted by Gasteiger charge is -2.32. The van der Waals surface area contributed by atoms with Crippen LogP contribution in [0, 0.1) is 5.82 Å². The molecule has 0 unspecified atom stereocenters. The number of nitrogens with zero attached hydrogens (tertiary/aromatic N) is 2. The zero-order valence-electron chi connectivity index (χ0n) is 14.3. The number of phenolic OH excluding ortho intramolecular Hbond substituents is 1. The van der Waals surface area contributed by atoms with Gasteiger partial charge in [-0.2, -0.15) is 0 Å². The van der Waals surface area contributed by atoms with Gasteiger partial charge in [0.25, 0.3) is 6.43 Å². The molecule has 3 N–H and O–H groups in total. The minimum atomic E-state index is -2.30. The number of guanidine groups is 1. The molecule has 0 radical (unpaired) electrons. The van der Waals surface area contributed by atoms with Crippen LogP contribution in [0.3, 0.4) is 0 Å². The van der Waals surface area contributed by atoms with Crippen LogP contribution in [0.2, 0.25) is 0 Å². The zero-order valence-corrected chi connectivity index (χ0v) is 14.3. The summed E-state index contributed by atoms with van der Waals surface area (Å²) in [7, 11) is 0. The van der Waals surface area contributed by atoms with E-state index in [4.69, 9.17) is 0 Å². The Balaban J connectivity index is 1.88. The minimum Gasteiger partial charge on any atom is -0.505 e. The number of halogens is 3. The molecule has 1 aliphatic heterocycles. The monoisotopic (exact) mass is 358 g/mol. The maximum Gasteiger partial charge on any atom is 0.251 e. The number of nitrogens with one attached hydrogen (secondary N) is 2. The lowest BCUT2D eigenvalue weighted by molar-refractivity contribution is 0.0744. The normalized spacial score (nSPS) is 17.1. The quantitative estimate of drug-likeness (QED) is 0.540. The van der Waals surface area contributed by atoms with E-state index in [1.54, 1.807) is 11.0 Å². The second kappa shape index (κ2) is 9.50. The fraction of sp³-hybridized carbons (Fsp3) is 0.588. The summed E-state index contributed by atoms with van der Waals surface area (Å²) in [6.45, 7) is 3.99. The van der Waals surface area contributed by atoms with Crippen LogP contribution in [0.4, 0.5) is 13.2 Å². The number of hydrogen-bond donors (Lipinski definition) is 3. The summed E-state index contributed by atoms with van der Waals surface area (Å²) in [5, 5.41) is 15.7. The third kappa shape index (κ3) is 6.45. The molecule has 1 heterocycles. The van der Waals surface area contributed by atoms with Gasteiger partial charge in [0.05, 0.1) is 13.1 Å². The highest BCUT2D eigenvalue weighted by Crippen LogP contribution is 2.17. The molecule has 1 fully saturated rings. The van der Waals surface area contributed by atoms with Crippen LogP contribution in [-0.2, 0) is 6.54 Å². The third-order valence-corrected chi connectivity index (χ3v) is 4.10. The molecule has 0 amide bonds. The lowest BCUT2D eigenvalue weighted by atomic mass is 10.1.